The number of nitrogens with zero attached hydrogens (tertiary/aromatic N) is 7. The number of halogens is 1. The standard InChI is InChI=1S/C22H22FN7O7/c1-27(2)19-16(15-4-3-12(5-17(15)23)29-8-13(10-31)37-22(29)32)6-24-20(26-19)36-14-7-28-9-18(30(33)34)25-21(28)35-11-14/h3-6,9,13-14,31H,7-8,10-11H2,1-2H3. The van der Waals surface area contributed by atoms with Crippen LogP contribution in [0.3, 0.4) is 0 Å². The number of aliphatic hydroxyl groups is 1. The fourth-order valence-corrected chi connectivity index (χ4v) is 4.04. The van der Waals surface area contributed by atoms with Crippen molar-refractivity contribution in [1.29, 1.82) is 0 Å². The Morgan fingerprint density at radius 3 is 2.78 bits per heavy atom. The van der Waals surface area contributed by atoms with Gasteiger partial charge in [0.15, 0.2) is 6.10 Å². The van der Waals surface area contributed by atoms with Crippen LogP contribution < -0.4 is 19.3 Å². The molecule has 2 aliphatic heterocycles. The van der Waals surface area contributed by atoms with Crippen molar-refractivity contribution in [3.05, 3.63) is 46.5 Å². The van der Waals surface area contributed by atoms with Crippen LogP contribution in [0.4, 0.5) is 26.5 Å². The number of aliphatic hydroxyl groups excluding tert-OH is 1. The number of benzene rings is 1. The molecule has 0 radical (unpaired) electrons. The molecular weight excluding hydrogens is 493 g/mol. The number of anilines is 2. The van der Waals surface area contributed by atoms with Gasteiger partial charge in [0, 0.05) is 36.4 Å². The molecule has 4 heterocycles. The van der Waals surface area contributed by atoms with Crippen LogP contribution >= 0.6 is 0 Å². The molecule has 1 fully saturated rings. The second kappa shape index (κ2) is 9.50. The smallest absolute Gasteiger partial charge is 0.414 e. The molecule has 5 rings (SSSR count). The van der Waals surface area contributed by atoms with Crippen molar-refractivity contribution in [3.8, 4) is 23.1 Å². The van der Waals surface area contributed by atoms with Crippen molar-refractivity contribution in [2.75, 3.05) is 43.7 Å². The zero-order valence-corrected chi connectivity index (χ0v) is 19.8. The average Bonchev–Trinajstić information content (AvgIpc) is 3.47. The maximum atomic E-state index is 15.2. The summed E-state index contributed by atoms with van der Waals surface area (Å²) in [5.74, 6) is -0.546. The fourth-order valence-electron chi connectivity index (χ4n) is 4.04. The number of imidazole rings is 1. The summed E-state index contributed by atoms with van der Waals surface area (Å²) in [5.41, 5.74) is 0.901. The van der Waals surface area contributed by atoms with Crippen LogP contribution in [0, 0.1) is 15.9 Å². The molecule has 14 nitrogen and oxygen atoms in total. The van der Waals surface area contributed by atoms with E-state index in [0.29, 0.717) is 17.1 Å². The molecule has 2 atom stereocenters. The topological polar surface area (TPSA) is 158 Å². The average molecular weight is 515 g/mol. The summed E-state index contributed by atoms with van der Waals surface area (Å²) < 4.78 is 33.0. The van der Waals surface area contributed by atoms with Gasteiger partial charge >= 0.3 is 23.9 Å². The second-order valence-corrected chi connectivity index (χ2v) is 8.59. The minimum atomic E-state index is -0.665. The molecule has 1 aromatic carbocycles. The molecule has 0 bridgehead atoms. The number of nitro groups is 1. The summed E-state index contributed by atoms with van der Waals surface area (Å²) in [6.45, 7) is 0.121. The molecule has 1 amide bonds. The van der Waals surface area contributed by atoms with Gasteiger partial charge in [-0.25, -0.2) is 14.2 Å². The lowest BCUT2D eigenvalue weighted by Gasteiger charge is -2.23. The highest BCUT2D eigenvalue weighted by atomic mass is 19.1. The van der Waals surface area contributed by atoms with Gasteiger partial charge in [0.05, 0.1) is 25.4 Å². The molecule has 37 heavy (non-hydrogen) atoms. The molecule has 1 N–H and O–H groups in total. The van der Waals surface area contributed by atoms with Crippen molar-refractivity contribution in [3.63, 3.8) is 0 Å². The van der Waals surface area contributed by atoms with E-state index in [4.69, 9.17) is 14.2 Å². The predicted molar refractivity (Wildman–Crippen MR) is 125 cm³/mol. The van der Waals surface area contributed by atoms with Crippen molar-refractivity contribution in [2.45, 2.75) is 18.8 Å². The summed E-state index contributed by atoms with van der Waals surface area (Å²) in [5, 5.41) is 20.2. The Morgan fingerprint density at radius 2 is 2.11 bits per heavy atom. The summed E-state index contributed by atoms with van der Waals surface area (Å²) in [7, 11) is 3.47. The monoisotopic (exact) mass is 515 g/mol. The van der Waals surface area contributed by atoms with Crippen LogP contribution in [0.15, 0.2) is 30.6 Å². The number of hydrogen-bond donors (Lipinski definition) is 1. The minimum absolute atomic E-state index is 0.0194. The summed E-state index contributed by atoms with van der Waals surface area (Å²) >= 11 is 0. The Morgan fingerprint density at radius 1 is 1.30 bits per heavy atom. The first kappa shape index (κ1) is 24.2. The van der Waals surface area contributed by atoms with Crippen LogP contribution in [0.5, 0.6) is 12.0 Å². The van der Waals surface area contributed by atoms with Crippen LogP contribution in [-0.4, -0.2) is 81.7 Å². The van der Waals surface area contributed by atoms with Gasteiger partial charge in [-0.05, 0) is 23.1 Å². The van der Waals surface area contributed by atoms with Gasteiger partial charge in [-0.15, -0.1) is 0 Å². The third kappa shape index (κ3) is 4.67. The van der Waals surface area contributed by atoms with E-state index >= 15 is 4.39 Å². The molecule has 0 saturated carbocycles. The van der Waals surface area contributed by atoms with Gasteiger partial charge < -0.3 is 34.3 Å². The summed E-state index contributed by atoms with van der Waals surface area (Å²) in [6, 6.07) is 4.45. The quantitative estimate of drug-likeness (QED) is 0.360. The van der Waals surface area contributed by atoms with Gasteiger partial charge in [0.1, 0.15) is 30.5 Å². The van der Waals surface area contributed by atoms with Crippen LogP contribution in [0.25, 0.3) is 11.1 Å². The van der Waals surface area contributed by atoms with Crippen LogP contribution in [0.1, 0.15) is 0 Å². The number of hydrogen-bond acceptors (Lipinski definition) is 11. The Kier molecular flexibility index (Phi) is 6.20. The maximum Gasteiger partial charge on any atom is 0.414 e. The Bertz CT molecular complexity index is 1370. The highest BCUT2D eigenvalue weighted by molar-refractivity contribution is 5.90. The molecule has 15 heteroatoms. The Balaban J connectivity index is 1.36. The van der Waals surface area contributed by atoms with Crippen LogP contribution in [-0.2, 0) is 11.3 Å². The third-order valence-electron chi connectivity index (χ3n) is 5.79. The molecule has 0 aliphatic carbocycles. The number of cyclic esters (lactones) is 1. The first-order valence-corrected chi connectivity index (χ1v) is 11.2. The lowest BCUT2D eigenvalue weighted by Crippen LogP contribution is -2.35. The van der Waals surface area contributed by atoms with Gasteiger partial charge in [-0.3, -0.25) is 9.47 Å². The fraction of sp³-hybridized carbons (Fsp3) is 0.364. The lowest BCUT2D eigenvalue weighted by atomic mass is 10.1. The Labute approximate surface area is 209 Å². The van der Waals surface area contributed by atoms with E-state index < -0.39 is 29.0 Å². The molecule has 1 saturated heterocycles. The van der Waals surface area contributed by atoms with Crippen molar-refractivity contribution in [1.82, 2.24) is 19.5 Å². The zero-order valence-electron chi connectivity index (χ0n) is 19.8. The molecule has 3 aromatic rings. The van der Waals surface area contributed by atoms with E-state index in [1.165, 1.54) is 34.0 Å². The van der Waals surface area contributed by atoms with E-state index in [0.717, 1.165) is 0 Å². The van der Waals surface area contributed by atoms with Crippen molar-refractivity contribution < 1.29 is 33.4 Å². The zero-order chi connectivity index (χ0) is 26.3. The largest absolute Gasteiger partial charge is 0.455 e. The molecular formula is C22H22FN7O7. The number of carbonyl (C=O) groups is 1. The molecule has 194 valence electrons. The first-order valence-electron chi connectivity index (χ1n) is 11.2. The van der Waals surface area contributed by atoms with Gasteiger partial charge in [-0.1, -0.05) is 0 Å². The lowest BCUT2D eigenvalue weighted by molar-refractivity contribution is -0.389. The van der Waals surface area contributed by atoms with E-state index in [1.54, 1.807) is 25.1 Å². The van der Waals surface area contributed by atoms with Gasteiger partial charge in [-0.2, -0.15) is 4.98 Å². The number of fused-ring (bicyclic) bond motifs is 1. The van der Waals surface area contributed by atoms with E-state index in [2.05, 4.69) is 15.0 Å². The minimum Gasteiger partial charge on any atom is -0.455 e. The van der Waals surface area contributed by atoms with Crippen LogP contribution in [0.2, 0.25) is 0 Å². The molecule has 2 unspecified atom stereocenters. The van der Waals surface area contributed by atoms with Crippen molar-refractivity contribution >= 4 is 23.4 Å². The normalized spacial score (nSPS) is 18.7. The summed E-state index contributed by atoms with van der Waals surface area (Å²) in [6.07, 6.45) is 0.828. The Hall–Kier alpha value is -4.53. The number of amides is 1. The number of rotatable bonds is 7. The van der Waals surface area contributed by atoms with Gasteiger partial charge in [0.2, 0.25) is 0 Å². The third-order valence-corrected chi connectivity index (χ3v) is 5.79. The highest BCUT2D eigenvalue weighted by Crippen LogP contribution is 2.34. The van der Waals surface area contributed by atoms with E-state index in [1.807, 2.05) is 0 Å². The second-order valence-electron chi connectivity index (χ2n) is 8.59. The SMILES string of the molecule is CN(C)c1nc(OC2COc3nc([N+](=O)[O-])cn3C2)ncc1-c1ccc(N2CC(CO)OC2=O)cc1F. The molecule has 2 aromatic heterocycles. The maximum absolute atomic E-state index is 15.2. The van der Waals surface area contributed by atoms with E-state index in [9.17, 15) is 20.0 Å². The summed E-state index contributed by atoms with van der Waals surface area (Å²) in [4.78, 5) is 37.8. The van der Waals surface area contributed by atoms with Gasteiger partial charge in [0.25, 0.3) is 0 Å². The molecule has 0 spiro atoms. The van der Waals surface area contributed by atoms with E-state index in [-0.39, 0.29) is 49.7 Å². The molecule has 2 aliphatic rings. The highest BCUT2D eigenvalue weighted by Gasteiger charge is 2.33. The number of ether oxygens (including phenoxy) is 3. The first-order chi connectivity index (χ1) is 17.7. The van der Waals surface area contributed by atoms with Crippen molar-refractivity contribution in [2.24, 2.45) is 0 Å². The number of carbonyl (C=O) groups excluding carboxylic acids is 1. The predicted octanol–water partition coefficient (Wildman–Crippen LogP) is 1.61. The number of aromatic nitrogens is 4.